The van der Waals surface area contributed by atoms with Gasteiger partial charge in [-0.05, 0) is 30.5 Å². The summed E-state index contributed by atoms with van der Waals surface area (Å²) in [6.07, 6.45) is -4.24. The molecule has 1 aliphatic heterocycles. The highest BCUT2D eigenvalue weighted by Crippen LogP contribution is 2.39. The molecule has 2 nitrogen and oxygen atoms in total. The summed E-state index contributed by atoms with van der Waals surface area (Å²) in [4.78, 5) is 1.53. The van der Waals surface area contributed by atoms with Gasteiger partial charge >= 0.3 is 6.18 Å². The van der Waals surface area contributed by atoms with E-state index >= 15 is 0 Å². The zero-order valence-corrected chi connectivity index (χ0v) is 11.2. The van der Waals surface area contributed by atoms with E-state index in [4.69, 9.17) is 0 Å². The fraction of sp³-hybridized carbons (Fsp3) is 0.571. The molecule has 1 aromatic carbocycles. The van der Waals surface area contributed by atoms with E-state index in [0.29, 0.717) is 31.7 Å². The lowest BCUT2D eigenvalue weighted by Gasteiger charge is -2.37. The van der Waals surface area contributed by atoms with Gasteiger partial charge in [0.15, 0.2) is 0 Å². The molecule has 19 heavy (non-hydrogen) atoms. The molecule has 1 atom stereocenters. The van der Waals surface area contributed by atoms with Gasteiger partial charge in [-0.25, -0.2) is 0 Å². The highest BCUT2D eigenvalue weighted by atomic mass is 19.4. The molecule has 1 saturated heterocycles. The Morgan fingerprint density at radius 3 is 2.37 bits per heavy atom. The molecule has 0 aliphatic carbocycles. The van der Waals surface area contributed by atoms with E-state index < -0.39 is 12.2 Å². The van der Waals surface area contributed by atoms with Crippen LogP contribution in [0.25, 0.3) is 0 Å². The molecule has 106 valence electrons. The topological polar surface area (TPSA) is 15.3 Å². The van der Waals surface area contributed by atoms with E-state index in [2.05, 4.69) is 5.32 Å². The van der Waals surface area contributed by atoms with E-state index in [-0.39, 0.29) is 0 Å². The van der Waals surface area contributed by atoms with Crippen molar-refractivity contribution < 1.29 is 13.2 Å². The van der Waals surface area contributed by atoms with Crippen LogP contribution < -0.4 is 5.32 Å². The average molecular weight is 272 g/mol. The molecule has 0 amide bonds. The Kier molecular flexibility index (Phi) is 4.16. The molecule has 0 bridgehead atoms. The number of hydrogen-bond acceptors (Lipinski definition) is 2. The van der Waals surface area contributed by atoms with Gasteiger partial charge in [-0.1, -0.05) is 18.2 Å². The summed E-state index contributed by atoms with van der Waals surface area (Å²) in [7, 11) is 0. The lowest BCUT2D eigenvalue weighted by Crippen LogP contribution is -2.49. The van der Waals surface area contributed by atoms with Crippen molar-refractivity contribution in [2.45, 2.75) is 26.1 Å². The summed E-state index contributed by atoms with van der Waals surface area (Å²) in [5.41, 5.74) is 2.03. The number of piperazine rings is 1. The minimum Gasteiger partial charge on any atom is -0.314 e. The summed E-state index contributed by atoms with van der Waals surface area (Å²) < 4.78 is 40.3. The van der Waals surface area contributed by atoms with Gasteiger partial charge in [-0.3, -0.25) is 4.90 Å². The summed E-state index contributed by atoms with van der Waals surface area (Å²) in [6, 6.07) is 3.67. The van der Waals surface area contributed by atoms with Crippen LogP contribution in [0.3, 0.4) is 0 Å². The monoisotopic (exact) mass is 272 g/mol. The molecule has 0 saturated carbocycles. The molecule has 1 aliphatic rings. The normalized spacial score (nSPS) is 19.4. The third kappa shape index (κ3) is 3.09. The standard InChI is InChI=1S/C14H19F3N2/c1-10-4-3-5-12(11(10)2)13(14(15,16)17)19-8-6-18-7-9-19/h3-5,13,18H,6-9H2,1-2H3/t13-/m0/s1. The van der Waals surface area contributed by atoms with Crippen LogP contribution in [0, 0.1) is 13.8 Å². The van der Waals surface area contributed by atoms with Crippen LogP contribution in [0.4, 0.5) is 13.2 Å². The van der Waals surface area contributed by atoms with Crippen molar-refractivity contribution in [3.8, 4) is 0 Å². The number of rotatable bonds is 2. The maximum atomic E-state index is 13.4. The van der Waals surface area contributed by atoms with Crippen LogP contribution in [0.2, 0.25) is 0 Å². The number of benzene rings is 1. The third-order valence-electron chi connectivity index (χ3n) is 3.77. The molecule has 1 heterocycles. The SMILES string of the molecule is Cc1cccc([C@H](N2CCNCC2)C(F)(F)F)c1C. The average Bonchev–Trinajstić information content (AvgIpc) is 2.35. The predicted molar refractivity (Wildman–Crippen MR) is 69.2 cm³/mol. The Morgan fingerprint density at radius 1 is 1.16 bits per heavy atom. The molecule has 2 rings (SSSR count). The number of nitrogens with zero attached hydrogens (tertiary/aromatic N) is 1. The molecule has 0 spiro atoms. The van der Waals surface area contributed by atoms with Crippen molar-refractivity contribution in [2.75, 3.05) is 26.2 Å². The summed E-state index contributed by atoms with van der Waals surface area (Å²) in [6.45, 7) is 5.69. The quantitative estimate of drug-likeness (QED) is 0.890. The van der Waals surface area contributed by atoms with Crippen molar-refractivity contribution in [1.29, 1.82) is 0 Å². The molecule has 1 fully saturated rings. The van der Waals surface area contributed by atoms with Crippen LogP contribution in [0.5, 0.6) is 0 Å². The number of hydrogen-bond donors (Lipinski definition) is 1. The van der Waals surface area contributed by atoms with Crippen LogP contribution in [0.1, 0.15) is 22.7 Å². The summed E-state index contributed by atoms with van der Waals surface area (Å²) >= 11 is 0. The largest absolute Gasteiger partial charge is 0.408 e. The molecule has 0 unspecified atom stereocenters. The van der Waals surface area contributed by atoms with Crippen LogP contribution in [-0.4, -0.2) is 37.3 Å². The van der Waals surface area contributed by atoms with Gasteiger partial charge in [0, 0.05) is 26.2 Å². The van der Waals surface area contributed by atoms with Gasteiger partial charge in [-0.2, -0.15) is 13.2 Å². The Hall–Kier alpha value is -1.07. The minimum absolute atomic E-state index is 0.384. The second-order valence-electron chi connectivity index (χ2n) is 5.02. The van der Waals surface area contributed by atoms with E-state index in [1.54, 1.807) is 19.1 Å². The smallest absolute Gasteiger partial charge is 0.314 e. The number of nitrogens with one attached hydrogen (secondary N) is 1. The van der Waals surface area contributed by atoms with Gasteiger partial charge in [0.05, 0.1) is 0 Å². The molecule has 0 aromatic heterocycles. The van der Waals surface area contributed by atoms with Gasteiger partial charge < -0.3 is 5.32 Å². The third-order valence-corrected chi connectivity index (χ3v) is 3.77. The second-order valence-corrected chi connectivity index (χ2v) is 5.02. The number of aryl methyl sites for hydroxylation is 1. The zero-order valence-electron chi connectivity index (χ0n) is 11.2. The van der Waals surface area contributed by atoms with Gasteiger partial charge in [0.1, 0.15) is 6.04 Å². The second kappa shape index (κ2) is 5.51. The Balaban J connectivity index is 2.40. The van der Waals surface area contributed by atoms with Crippen molar-refractivity contribution in [1.82, 2.24) is 10.2 Å². The molecule has 1 N–H and O–H groups in total. The first-order chi connectivity index (χ1) is 8.91. The molecule has 5 heteroatoms. The maximum absolute atomic E-state index is 13.4. The van der Waals surface area contributed by atoms with Gasteiger partial charge in [-0.15, -0.1) is 0 Å². The fourth-order valence-electron chi connectivity index (χ4n) is 2.59. The lowest BCUT2D eigenvalue weighted by atomic mass is 9.95. The van der Waals surface area contributed by atoms with Gasteiger partial charge in [0.2, 0.25) is 0 Å². The number of halogens is 3. The van der Waals surface area contributed by atoms with E-state index in [1.807, 2.05) is 13.0 Å². The molecular formula is C14H19F3N2. The first-order valence-corrected chi connectivity index (χ1v) is 6.49. The molecule has 1 aromatic rings. The maximum Gasteiger partial charge on any atom is 0.408 e. The van der Waals surface area contributed by atoms with E-state index in [9.17, 15) is 13.2 Å². The zero-order chi connectivity index (χ0) is 14.0. The predicted octanol–water partition coefficient (Wildman–Crippen LogP) is 2.81. The first kappa shape index (κ1) is 14.3. The fourth-order valence-corrected chi connectivity index (χ4v) is 2.59. The van der Waals surface area contributed by atoms with Crippen LogP contribution >= 0.6 is 0 Å². The lowest BCUT2D eigenvalue weighted by molar-refractivity contribution is -0.188. The number of alkyl halides is 3. The highest BCUT2D eigenvalue weighted by molar-refractivity contribution is 5.36. The Labute approximate surface area is 111 Å². The van der Waals surface area contributed by atoms with Crippen molar-refractivity contribution in [2.24, 2.45) is 0 Å². The highest BCUT2D eigenvalue weighted by Gasteiger charge is 2.45. The Morgan fingerprint density at radius 2 is 1.79 bits per heavy atom. The minimum atomic E-state index is -4.24. The summed E-state index contributed by atoms with van der Waals surface area (Å²) in [5, 5.41) is 3.09. The first-order valence-electron chi connectivity index (χ1n) is 6.49. The van der Waals surface area contributed by atoms with Gasteiger partial charge in [0.25, 0.3) is 0 Å². The molecule has 0 radical (unpaired) electrons. The van der Waals surface area contributed by atoms with E-state index in [0.717, 1.165) is 11.1 Å². The van der Waals surface area contributed by atoms with Crippen LogP contribution in [0.15, 0.2) is 18.2 Å². The van der Waals surface area contributed by atoms with Crippen molar-refractivity contribution in [3.05, 3.63) is 34.9 Å². The van der Waals surface area contributed by atoms with E-state index in [1.165, 1.54) is 4.90 Å². The Bertz CT molecular complexity index is 437. The summed E-state index contributed by atoms with van der Waals surface area (Å²) in [5.74, 6) is 0. The van der Waals surface area contributed by atoms with Crippen LogP contribution in [-0.2, 0) is 0 Å². The molecular weight excluding hydrogens is 253 g/mol. The van der Waals surface area contributed by atoms with Crippen molar-refractivity contribution >= 4 is 0 Å². The van der Waals surface area contributed by atoms with Crippen molar-refractivity contribution in [3.63, 3.8) is 0 Å².